The quantitative estimate of drug-likeness (QED) is 0.0157. The smallest absolute Gasteiger partial charge is 0.505 e. The van der Waals surface area contributed by atoms with E-state index in [4.69, 9.17) is 23.1 Å². The maximum atomic E-state index is 12.9. The van der Waals surface area contributed by atoms with Crippen molar-refractivity contribution in [1.82, 2.24) is 0 Å². The molecule has 0 radical (unpaired) electrons. The Hall–Kier alpha value is -5.88. The Bertz CT molecular complexity index is 2290. The standard InChI is InChI=1S/C53H62N2O7Si2/c1-52(2,3)63(44-24-13-9-14-25-44,45-26-15-10-16-27-45)61-38-36-42(23-21-22-37-60-40-41-32-34-43(58-7)35-33-41)49(39-48(56)50(55-54)51(57)59-8)62-64(53(4,5)6,46-28-17-11-18-29-46)47-30-19-12-20-31-47/h9-35,49H,36-40H2,1-8H3/p+1/b22-21+,42-23+. The number of benzene rings is 5. The molecule has 5 aromatic rings. The number of nitrogens with zero attached hydrogens (tertiary/aromatic N) is 2. The van der Waals surface area contributed by atoms with Crippen LogP contribution in [0.1, 0.15) is 59.9 Å². The minimum atomic E-state index is -3.31. The highest BCUT2D eigenvalue weighted by Gasteiger charge is 2.53. The fourth-order valence-corrected chi connectivity index (χ4v) is 17.6. The van der Waals surface area contributed by atoms with Crippen LogP contribution in [-0.4, -0.2) is 61.2 Å². The SMILES string of the molecule is COC(=O)/C([N+]#N)=C(\O)CC(O[Si](c1ccccc1)(c1ccccc1)C(C)(C)C)/C(=C/C=C/COCc1ccc(OC)cc1)CCO[Si](c1ccccc1)(c1ccccc1)C(C)(C)C. The van der Waals surface area contributed by atoms with Gasteiger partial charge in [0, 0.05) is 13.0 Å². The van der Waals surface area contributed by atoms with Crippen molar-refractivity contribution >= 4 is 43.4 Å². The maximum Gasteiger partial charge on any atom is 0.505 e. The highest BCUT2D eigenvalue weighted by Crippen LogP contribution is 2.41. The molecular weight excluding hydrogens is 833 g/mol. The summed E-state index contributed by atoms with van der Waals surface area (Å²) in [5.74, 6) is -0.663. The summed E-state index contributed by atoms with van der Waals surface area (Å²) in [6.07, 6.45) is 5.21. The molecule has 0 fully saturated rings. The van der Waals surface area contributed by atoms with Crippen molar-refractivity contribution in [3.63, 3.8) is 0 Å². The van der Waals surface area contributed by atoms with Crippen LogP contribution in [0.15, 0.2) is 181 Å². The normalized spacial score (nSPS) is 13.5. The van der Waals surface area contributed by atoms with Crippen LogP contribution in [0, 0.1) is 5.39 Å². The number of ether oxygens (including phenoxy) is 3. The van der Waals surface area contributed by atoms with E-state index in [2.05, 4.69) is 119 Å². The lowest BCUT2D eigenvalue weighted by Gasteiger charge is -2.46. The van der Waals surface area contributed by atoms with Gasteiger partial charge in [-0.3, -0.25) is 0 Å². The number of methoxy groups -OCH3 is 2. The van der Waals surface area contributed by atoms with Crippen LogP contribution >= 0.6 is 0 Å². The number of esters is 1. The summed E-state index contributed by atoms with van der Waals surface area (Å²) < 4.78 is 31.5. The molecule has 1 atom stereocenters. The first-order valence-corrected chi connectivity index (χ1v) is 25.5. The van der Waals surface area contributed by atoms with Gasteiger partial charge >= 0.3 is 11.7 Å². The Morgan fingerprint density at radius 2 is 1.17 bits per heavy atom. The van der Waals surface area contributed by atoms with Crippen molar-refractivity contribution in [3.05, 3.63) is 191 Å². The van der Waals surface area contributed by atoms with E-state index >= 15 is 0 Å². The van der Waals surface area contributed by atoms with Gasteiger partial charge in [-0.15, -0.1) is 0 Å². The van der Waals surface area contributed by atoms with E-state index in [1.165, 1.54) is 7.11 Å². The molecule has 0 saturated carbocycles. The topological polar surface area (TPSA) is 112 Å². The van der Waals surface area contributed by atoms with Crippen LogP contribution in [0.25, 0.3) is 4.98 Å². The van der Waals surface area contributed by atoms with Crippen LogP contribution in [0.4, 0.5) is 0 Å². The Morgan fingerprint density at radius 1 is 0.703 bits per heavy atom. The molecule has 9 nitrogen and oxygen atoms in total. The summed E-state index contributed by atoms with van der Waals surface area (Å²) in [6, 6.07) is 49.2. The predicted octanol–water partition coefficient (Wildman–Crippen LogP) is 9.79. The van der Waals surface area contributed by atoms with E-state index in [-0.39, 0.29) is 11.5 Å². The Labute approximate surface area is 381 Å². The minimum absolute atomic E-state index is 0.203. The van der Waals surface area contributed by atoms with Gasteiger partial charge in [-0.2, -0.15) is 0 Å². The molecule has 0 saturated heterocycles. The molecule has 11 heteroatoms. The monoisotopic (exact) mass is 895 g/mol. The zero-order chi connectivity index (χ0) is 46.2. The summed E-state index contributed by atoms with van der Waals surface area (Å²) in [4.78, 5) is 16.1. The molecule has 1 unspecified atom stereocenters. The van der Waals surface area contributed by atoms with Gasteiger partial charge in [0.15, 0.2) is 10.7 Å². The lowest BCUT2D eigenvalue weighted by atomic mass is 10.0. The second-order valence-electron chi connectivity index (χ2n) is 17.7. The molecule has 0 aliphatic heterocycles. The van der Waals surface area contributed by atoms with Gasteiger partial charge in [0.2, 0.25) is 5.39 Å². The van der Waals surface area contributed by atoms with Gasteiger partial charge < -0.3 is 28.2 Å². The van der Waals surface area contributed by atoms with E-state index in [9.17, 15) is 15.3 Å². The molecule has 5 aromatic carbocycles. The van der Waals surface area contributed by atoms with E-state index < -0.39 is 45.2 Å². The summed E-state index contributed by atoms with van der Waals surface area (Å²) >= 11 is 0. The highest BCUT2D eigenvalue weighted by molar-refractivity contribution is 7.00. The second-order valence-corrected chi connectivity index (χ2v) is 26.2. The molecule has 0 bridgehead atoms. The number of diazo groups is 1. The largest absolute Gasteiger partial charge is 0.505 e. The average molecular weight is 896 g/mol. The molecule has 0 spiro atoms. The van der Waals surface area contributed by atoms with Crippen molar-refractivity contribution in [2.75, 3.05) is 27.4 Å². The number of hydrogen-bond acceptors (Lipinski definition) is 8. The van der Waals surface area contributed by atoms with E-state index in [0.29, 0.717) is 26.2 Å². The third-order valence-corrected chi connectivity index (χ3v) is 21.6. The van der Waals surface area contributed by atoms with Gasteiger partial charge in [-0.1, -0.05) is 193 Å². The van der Waals surface area contributed by atoms with E-state index in [0.717, 1.165) is 37.6 Å². The fraction of sp³-hybridized carbons (Fsp3) is 0.302. The molecular formula is C53H63N2O7Si2+. The first-order valence-electron chi connectivity index (χ1n) is 21.7. The lowest BCUT2D eigenvalue weighted by molar-refractivity contribution is -0.136. The lowest BCUT2D eigenvalue weighted by Crippen LogP contribution is -2.68. The molecule has 1 N–H and O–H groups in total. The number of carbonyl (C=O) groups excluding carboxylic acids is 1. The van der Waals surface area contributed by atoms with Crippen LogP contribution < -0.4 is 25.5 Å². The third kappa shape index (κ3) is 11.6. The van der Waals surface area contributed by atoms with Crippen LogP contribution in [-0.2, 0) is 29.7 Å². The Kier molecular flexibility index (Phi) is 17.4. The summed E-state index contributed by atoms with van der Waals surface area (Å²) in [5.41, 5.74) is 1.22. The number of aliphatic hydroxyl groups is 1. The molecule has 5 rings (SSSR count). The molecule has 0 heterocycles. The molecule has 0 aliphatic rings. The number of allylic oxidation sites excluding steroid dienone is 2. The van der Waals surface area contributed by atoms with Gasteiger partial charge in [-0.25, -0.2) is 4.79 Å². The first kappa shape index (κ1) is 49.1. The molecule has 0 aromatic heterocycles. The number of rotatable bonds is 20. The van der Waals surface area contributed by atoms with Gasteiger partial charge in [0.1, 0.15) is 5.75 Å². The van der Waals surface area contributed by atoms with Gasteiger partial charge in [-0.05, 0) is 60.5 Å². The highest BCUT2D eigenvalue weighted by atomic mass is 28.4. The van der Waals surface area contributed by atoms with Crippen molar-refractivity contribution in [3.8, 4) is 5.75 Å². The number of aliphatic hydroxyl groups excluding tert-OH is 1. The van der Waals surface area contributed by atoms with Crippen LogP contribution in [0.5, 0.6) is 5.75 Å². The molecule has 0 aliphatic carbocycles. The molecule has 64 heavy (non-hydrogen) atoms. The fourth-order valence-electron chi connectivity index (χ4n) is 8.39. The van der Waals surface area contributed by atoms with Crippen LogP contribution in [0.3, 0.4) is 0 Å². The Morgan fingerprint density at radius 3 is 1.59 bits per heavy atom. The second kappa shape index (κ2) is 22.7. The van der Waals surface area contributed by atoms with Crippen LogP contribution in [0.2, 0.25) is 10.1 Å². The number of hydrogen-bond donors (Lipinski definition) is 1. The summed E-state index contributed by atoms with van der Waals surface area (Å²) in [5, 5.41) is 25.5. The van der Waals surface area contributed by atoms with Gasteiger partial charge in [0.25, 0.3) is 16.6 Å². The summed E-state index contributed by atoms with van der Waals surface area (Å²) in [7, 11) is -3.47. The number of carbonyl (C=O) groups is 1. The average Bonchev–Trinajstić information content (AvgIpc) is 3.30. The zero-order valence-electron chi connectivity index (χ0n) is 38.5. The Balaban J connectivity index is 1.66. The predicted molar refractivity (Wildman–Crippen MR) is 262 cm³/mol. The minimum Gasteiger partial charge on any atom is -0.505 e. The van der Waals surface area contributed by atoms with E-state index in [1.54, 1.807) is 7.11 Å². The summed E-state index contributed by atoms with van der Waals surface area (Å²) in [6.45, 7) is 14.3. The van der Waals surface area contributed by atoms with Crippen molar-refractivity contribution in [1.29, 1.82) is 5.39 Å². The van der Waals surface area contributed by atoms with E-state index in [1.807, 2.05) is 91.0 Å². The molecule has 334 valence electrons. The van der Waals surface area contributed by atoms with Crippen molar-refractivity contribution < 1.29 is 33.0 Å². The zero-order valence-corrected chi connectivity index (χ0v) is 40.5. The maximum absolute atomic E-state index is 12.9. The first-order chi connectivity index (χ1) is 30.7. The molecule has 0 amide bonds. The van der Waals surface area contributed by atoms with Crippen molar-refractivity contribution in [2.24, 2.45) is 0 Å². The third-order valence-electron chi connectivity index (χ3n) is 11.5. The van der Waals surface area contributed by atoms with Gasteiger partial charge in [0.05, 0.1) is 33.5 Å². The van der Waals surface area contributed by atoms with Crippen molar-refractivity contribution in [2.45, 2.75) is 77.2 Å².